The molecule has 0 rings (SSSR count). The van der Waals surface area contributed by atoms with Crippen LogP contribution in [-0.2, 0) is 4.74 Å². The van der Waals surface area contributed by atoms with Gasteiger partial charge in [-0.15, -0.1) is 0 Å². The number of hydrogen-bond acceptors (Lipinski definition) is 3. The second-order valence-corrected chi connectivity index (χ2v) is 2.90. The van der Waals surface area contributed by atoms with Crippen LogP contribution in [0.4, 0.5) is 4.79 Å². The van der Waals surface area contributed by atoms with Gasteiger partial charge in [0.05, 0.1) is 19.3 Å². The molecular weight excluding hydrogens is 158 g/mol. The van der Waals surface area contributed by atoms with E-state index in [1.165, 1.54) is 0 Å². The first kappa shape index (κ1) is 11.2. The van der Waals surface area contributed by atoms with Crippen LogP contribution in [0.3, 0.4) is 0 Å². The lowest BCUT2D eigenvalue weighted by Crippen LogP contribution is -2.41. The molecule has 0 heterocycles. The van der Waals surface area contributed by atoms with Crippen molar-refractivity contribution in [2.45, 2.75) is 26.8 Å². The van der Waals surface area contributed by atoms with Crippen molar-refractivity contribution in [1.82, 2.24) is 5.32 Å². The van der Waals surface area contributed by atoms with Crippen LogP contribution in [0.1, 0.15) is 20.8 Å². The van der Waals surface area contributed by atoms with Crippen molar-refractivity contribution in [3.63, 3.8) is 0 Å². The molecule has 0 saturated carbocycles. The van der Waals surface area contributed by atoms with Crippen LogP contribution in [0.15, 0.2) is 0 Å². The minimum Gasteiger partial charge on any atom is -0.450 e. The number of carbonyl (C=O) groups is 1. The van der Waals surface area contributed by atoms with Crippen LogP contribution >= 0.6 is 0 Å². The zero-order valence-electron chi connectivity index (χ0n) is 7.83. The monoisotopic (exact) mass is 175 g/mol. The lowest BCUT2D eigenvalue weighted by Gasteiger charge is -2.18. The molecule has 0 aliphatic rings. The third-order valence-electron chi connectivity index (χ3n) is 1.58. The van der Waals surface area contributed by atoms with Crippen molar-refractivity contribution >= 4 is 6.09 Å². The SMILES string of the molecule is CCOC(=O)NC(CO)C(C)C. The minimum atomic E-state index is -0.467. The van der Waals surface area contributed by atoms with Gasteiger partial charge in [-0.2, -0.15) is 0 Å². The van der Waals surface area contributed by atoms with E-state index < -0.39 is 6.09 Å². The molecule has 0 aromatic heterocycles. The van der Waals surface area contributed by atoms with Gasteiger partial charge < -0.3 is 15.2 Å². The molecule has 1 amide bonds. The zero-order valence-corrected chi connectivity index (χ0v) is 7.83. The second kappa shape index (κ2) is 5.83. The minimum absolute atomic E-state index is 0.0590. The Kier molecular flexibility index (Phi) is 5.45. The zero-order chi connectivity index (χ0) is 9.56. The topological polar surface area (TPSA) is 58.6 Å². The summed E-state index contributed by atoms with van der Waals surface area (Å²) in [5.74, 6) is 0.208. The largest absolute Gasteiger partial charge is 0.450 e. The van der Waals surface area contributed by atoms with Gasteiger partial charge in [0.25, 0.3) is 0 Å². The van der Waals surface area contributed by atoms with Crippen molar-refractivity contribution in [3.8, 4) is 0 Å². The summed E-state index contributed by atoms with van der Waals surface area (Å²) in [6.45, 7) is 5.88. The maximum absolute atomic E-state index is 10.9. The van der Waals surface area contributed by atoms with Crippen LogP contribution in [-0.4, -0.2) is 30.5 Å². The van der Waals surface area contributed by atoms with E-state index in [0.29, 0.717) is 6.61 Å². The highest BCUT2D eigenvalue weighted by atomic mass is 16.5. The molecule has 0 fully saturated rings. The second-order valence-electron chi connectivity index (χ2n) is 2.90. The average molecular weight is 175 g/mol. The molecular formula is C8H17NO3. The summed E-state index contributed by atoms with van der Waals surface area (Å²) in [4.78, 5) is 10.9. The Morgan fingerprint density at radius 1 is 1.58 bits per heavy atom. The van der Waals surface area contributed by atoms with Crippen LogP contribution in [0.2, 0.25) is 0 Å². The van der Waals surface area contributed by atoms with Crippen molar-refractivity contribution in [1.29, 1.82) is 0 Å². The first-order chi connectivity index (χ1) is 5.61. The molecule has 0 saturated heterocycles. The molecule has 4 nitrogen and oxygen atoms in total. The van der Waals surface area contributed by atoms with E-state index in [4.69, 9.17) is 5.11 Å². The average Bonchev–Trinajstić information content (AvgIpc) is 2.00. The molecule has 12 heavy (non-hydrogen) atoms. The molecule has 1 unspecified atom stereocenters. The molecule has 72 valence electrons. The quantitative estimate of drug-likeness (QED) is 0.662. The summed E-state index contributed by atoms with van der Waals surface area (Å²) in [5.41, 5.74) is 0. The van der Waals surface area contributed by atoms with E-state index in [2.05, 4.69) is 10.1 Å². The predicted molar refractivity (Wildman–Crippen MR) is 45.9 cm³/mol. The molecule has 0 spiro atoms. The number of nitrogens with one attached hydrogen (secondary N) is 1. The van der Waals surface area contributed by atoms with Crippen molar-refractivity contribution in [2.75, 3.05) is 13.2 Å². The van der Waals surface area contributed by atoms with Gasteiger partial charge in [0.1, 0.15) is 0 Å². The van der Waals surface area contributed by atoms with Gasteiger partial charge in [-0.05, 0) is 12.8 Å². The van der Waals surface area contributed by atoms with Gasteiger partial charge in [-0.25, -0.2) is 4.79 Å². The lowest BCUT2D eigenvalue weighted by atomic mass is 10.1. The highest BCUT2D eigenvalue weighted by Gasteiger charge is 2.14. The Labute approximate surface area is 72.9 Å². The molecule has 0 radical (unpaired) electrons. The van der Waals surface area contributed by atoms with Crippen LogP contribution in [0.5, 0.6) is 0 Å². The van der Waals surface area contributed by atoms with Gasteiger partial charge in [0.2, 0.25) is 0 Å². The fourth-order valence-corrected chi connectivity index (χ4v) is 0.747. The third kappa shape index (κ3) is 4.18. The number of hydrogen-bond donors (Lipinski definition) is 2. The molecule has 0 aromatic rings. The summed E-state index contributed by atoms with van der Waals surface area (Å²) in [5, 5.41) is 11.4. The maximum Gasteiger partial charge on any atom is 0.407 e. The van der Waals surface area contributed by atoms with Gasteiger partial charge in [0, 0.05) is 0 Å². The normalized spacial score (nSPS) is 12.8. The number of alkyl carbamates (subject to hydrolysis) is 1. The fraction of sp³-hybridized carbons (Fsp3) is 0.875. The Hall–Kier alpha value is -0.770. The summed E-state index contributed by atoms with van der Waals surface area (Å²) < 4.78 is 4.66. The van der Waals surface area contributed by atoms with Crippen molar-refractivity contribution in [2.24, 2.45) is 5.92 Å². The van der Waals surface area contributed by atoms with E-state index in [0.717, 1.165) is 0 Å². The molecule has 1 atom stereocenters. The summed E-state index contributed by atoms with van der Waals surface area (Å²) in [7, 11) is 0. The first-order valence-corrected chi connectivity index (χ1v) is 4.16. The number of amides is 1. The highest BCUT2D eigenvalue weighted by molar-refractivity contribution is 5.67. The Balaban J connectivity index is 3.77. The van der Waals surface area contributed by atoms with Crippen LogP contribution < -0.4 is 5.32 Å². The first-order valence-electron chi connectivity index (χ1n) is 4.16. The van der Waals surface area contributed by atoms with E-state index in [1.54, 1.807) is 6.92 Å². The number of aliphatic hydroxyl groups is 1. The van der Waals surface area contributed by atoms with Gasteiger partial charge in [-0.1, -0.05) is 13.8 Å². The summed E-state index contributed by atoms with van der Waals surface area (Å²) >= 11 is 0. The van der Waals surface area contributed by atoms with E-state index in [1.807, 2.05) is 13.8 Å². The fourth-order valence-electron chi connectivity index (χ4n) is 0.747. The Morgan fingerprint density at radius 3 is 2.50 bits per heavy atom. The van der Waals surface area contributed by atoms with Crippen LogP contribution in [0, 0.1) is 5.92 Å². The number of rotatable bonds is 4. The molecule has 2 N–H and O–H groups in total. The van der Waals surface area contributed by atoms with E-state index >= 15 is 0 Å². The summed E-state index contributed by atoms with van der Waals surface area (Å²) in [6.07, 6.45) is -0.467. The Morgan fingerprint density at radius 2 is 2.17 bits per heavy atom. The number of aliphatic hydroxyl groups excluding tert-OH is 1. The van der Waals surface area contributed by atoms with E-state index in [-0.39, 0.29) is 18.6 Å². The van der Waals surface area contributed by atoms with Crippen molar-refractivity contribution < 1.29 is 14.6 Å². The van der Waals surface area contributed by atoms with Gasteiger partial charge in [-0.3, -0.25) is 0 Å². The lowest BCUT2D eigenvalue weighted by molar-refractivity contribution is 0.134. The molecule has 0 aromatic carbocycles. The van der Waals surface area contributed by atoms with Crippen LogP contribution in [0.25, 0.3) is 0 Å². The summed E-state index contributed by atoms with van der Waals surface area (Å²) in [6, 6.07) is -0.218. The third-order valence-corrected chi connectivity index (χ3v) is 1.58. The smallest absolute Gasteiger partial charge is 0.407 e. The van der Waals surface area contributed by atoms with E-state index in [9.17, 15) is 4.79 Å². The Bertz CT molecular complexity index is 136. The van der Waals surface area contributed by atoms with Gasteiger partial charge in [0.15, 0.2) is 0 Å². The van der Waals surface area contributed by atoms with Crippen molar-refractivity contribution in [3.05, 3.63) is 0 Å². The molecule has 0 bridgehead atoms. The predicted octanol–water partition coefficient (Wildman–Crippen LogP) is 0.749. The molecule has 4 heteroatoms. The molecule has 0 aliphatic carbocycles. The number of ether oxygens (including phenoxy) is 1. The standard InChI is InChI=1S/C8H17NO3/c1-4-12-8(11)9-7(5-10)6(2)3/h6-7,10H,4-5H2,1-3H3,(H,9,11). The number of carbonyl (C=O) groups excluding carboxylic acids is 1. The van der Waals surface area contributed by atoms with Gasteiger partial charge >= 0.3 is 6.09 Å². The highest BCUT2D eigenvalue weighted by Crippen LogP contribution is 2.00. The maximum atomic E-state index is 10.9. The molecule has 0 aliphatic heterocycles.